The molecule has 0 amide bonds. The lowest BCUT2D eigenvalue weighted by atomic mass is 9.95. The minimum absolute atomic E-state index is 0.0108. The number of fused-ring (bicyclic) bond motifs is 1. The van der Waals surface area contributed by atoms with Crippen LogP contribution < -0.4 is 19.5 Å². The second-order valence-corrected chi connectivity index (χ2v) is 10.9. The maximum absolute atomic E-state index is 9.47. The van der Waals surface area contributed by atoms with Gasteiger partial charge >= 0.3 is 0 Å². The predicted octanol–water partition coefficient (Wildman–Crippen LogP) is 6.71. The van der Waals surface area contributed by atoms with Gasteiger partial charge in [0.25, 0.3) is 0 Å². The first-order chi connectivity index (χ1) is 20.4. The lowest BCUT2D eigenvalue weighted by molar-refractivity contribution is 0.205. The van der Waals surface area contributed by atoms with E-state index in [1.807, 2.05) is 25.1 Å². The molecule has 4 aromatic rings. The number of nitrogens with zero attached hydrogens (tertiary/aromatic N) is 2. The van der Waals surface area contributed by atoms with Crippen molar-refractivity contribution < 1.29 is 19.3 Å². The first kappa shape index (κ1) is 29.4. The van der Waals surface area contributed by atoms with E-state index in [2.05, 4.69) is 53.6 Å². The Morgan fingerprint density at radius 3 is 2.74 bits per heavy atom. The summed E-state index contributed by atoms with van der Waals surface area (Å²) in [5, 5.41) is 22.5. The predicted molar refractivity (Wildman–Crippen MR) is 163 cm³/mol. The van der Waals surface area contributed by atoms with Crippen LogP contribution in [0.5, 0.6) is 17.2 Å². The zero-order valence-electron chi connectivity index (χ0n) is 24.0. The molecule has 0 saturated heterocycles. The summed E-state index contributed by atoms with van der Waals surface area (Å²) in [5.74, 6) is 2.02. The minimum Gasteiger partial charge on any atom is -0.496 e. The first-order valence-corrected chi connectivity index (χ1v) is 14.3. The highest BCUT2D eigenvalue weighted by Gasteiger charge is 2.28. The standard InChI is InChI=1S/C34H34ClN3O4/c1-21-11-25(7-9-31(21)40-3)27-5-4-6-29-28(27)8-10-32(29)42-34-14-33(26(13-30(34)35)18-38-22(2)19-39)41-20-24-12-23(15-36)16-37-17-24/h4-7,9,11-14,16-17,22,32,38-39H,8,10,18-20H2,1-3H3/t22-,32+/m1/s1. The van der Waals surface area contributed by atoms with Crippen LogP contribution in [-0.2, 0) is 19.6 Å². The monoisotopic (exact) mass is 583 g/mol. The number of aliphatic hydroxyl groups is 1. The molecule has 2 N–H and O–H groups in total. The van der Waals surface area contributed by atoms with Crippen molar-refractivity contribution in [3.63, 3.8) is 0 Å². The highest BCUT2D eigenvalue weighted by Crippen LogP contribution is 2.43. The highest BCUT2D eigenvalue weighted by molar-refractivity contribution is 6.32. The van der Waals surface area contributed by atoms with Crippen molar-refractivity contribution in [3.8, 4) is 34.4 Å². The second kappa shape index (κ2) is 13.3. The van der Waals surface area contributed by atoms with E-state index >= 15 is 0 Å². The Kier molecular flexibility index (Phi) is 9.28. The molecule has 216 valence electrons. The number of nitrogens with one attached hydrogen (secondary N) is 1. The third kappa shape index (κ3) is 6.52. The average molecular weight is 584 g/mol. The van der Waals surface area contributed by atoms with Gasteiger partial charge in [-0.3, -0.25) is 4.98 Å². The molecule has 42 heavy (non-hydrogen) atoms. The van der Waals surface area contributed by atoms with Crippen LogP contribution in [-0.4, -0.2) is 29.8 Å². The maximum Gasteiger partial charge on any atom is 0.142 e. The van der Waals surface area contributed by atoms with E-state index in [1.165, 1.54) is 17.3 Å². The molecule has 0 radical (unpaired) electrons. The fourth-order valence-corrected chi connectivity index (χ4v) is 5.52. The zero-order valence-corrected chi connectivity index (χ0v) is 24.7. The van der Waals surface area contributed by atoms with Crippen molar-refractivity contribution >= 4 is 11.6 Å². The number of aryl methyl sites for hydroxylation is 1. The molecule has 1 aromatic heterocycles. The number of hydrogen-bond acceptors (Lipinski definition) is 7. The number of halogens is 1. The van der Waals surface area contributed by atoms with Gasteiger partial charge in [0.15, 0.2) is 0 Å². The Morgan fingerprint density at radius 1 is 1.12 bits per heavy atom. The summed E-state index contributed by atoms with van der Waals surface area (Å²) in [6, 6.07) is 20.1. The number of benzene rings is 3. The molecule has 0 fully saturated rings. The van der Waals surface area contributed by atoms with Crippen molar-refractivity contribution in [2.24, 2.45) is 0 Å². The molecule has 0 aliphatic heterocycles. The van der Waals surface area contributed by atoms with Gasteiger partial charge in [-0.2, -0.15) is 5.26 Å². The third-order valence-electron chi connectivity index (χ3n) is 7.54. The number of methoxy groups -OCH3 is 1. The van der Waals surface area contributed by atoms with Crippen LogP contribution in [0.15, 0.2) is 67.0 Å². The largest absolute Gasteiger partial charge is 0.496 e. The Bertz CT molecular complexity index is 1620. The Balaban J connectivity index is 1.41. The van der Waals surface area contributed by atoms with Crippen molar-refractivity contribution in [2.45, 2.75) is 52.0 Å². The van der Waals surface area contributed by atoms with Crippen LogP contribution in [0.25, 0.3) is 11.1 Å². The fourth-order valence-electron chi connectivity index (χ4n) is 5.28. The number of aliphatic hydroxyl groups excluding tert-OH is 1. The molecule has 8 heteroatoms. The average Bonchev–Trinajstić information content (AvgIpc) is 3.43. The SMILES string of the molecule is COc1ccc(-c2cccc3c2CC[C@@H]3Oc2cc(OCc3cncc(C#N)c3)c(CN[C@H](C)CO)cc2Cl)cc1C. The number of aromatic nitrogens is 1. The molecule has 7 nitrogen and oxygen atoms in total. The molecule has 1 aliphatic rings. The van der Waals surface area contributed by atoms with E-state index in [0.717, 1.165) is 46.4 Å². The topological polar surface area (TPSA) is 96.6 Å². The molecular formula is C34H34ClN3O4. The third-order valence-corrected chi connectivity index (χ3v) is 7.83. The molecule has 1 heterocycles. The first-order valence-electron chi connectivity index (χ1n) is 14.0. The van der Waals surface area contributed by atoms with Crippen LogP contribution in [0.2, 0.25) is 5.02 Å². The molecule has 2 atom stereocenters. The lowest BCUT2D eigenvalue weighted by Gasteiger charge is -2.20. The van der Waals surface area contributed by atoms with Crippen molar-refractivity contribution in [1.82, 2.24) is 10.3 Å². The van der Waals surface area contributed by atoms with Gasteiger partial charge in [0.1, 0.15) is 36.0 Å². The van der Waals surface area contributed by atoms with Gasteiger partial charge in [0.05, 0.1) is 24.3 Å². The van der Waals surface area contributed by atoms with E-state index in [4.69, 9.17) is 25.8 Å². The Labute approximate surface area is 251 Å². The molecule has 5 rings (SSSR count). The van der Waals surface area contributed by atoms with Crippen LogP contribution in [0.4, 0.5) is 0 Å². The van der Waals surface area contributed by atoms with Gasteiger partial charge in [0.2, 0.25) is 0 Å². The van der Waals surface area contributed by atoms with Gasteiger partial charge in [-0.05, 0) is 78.8 Å². The lowest BCUT2D eigenvalue weighted by Crippen LogP contribution is -2.28. The summed E-state index contributed by atoms with van der Waals surface area (Å²) in [5.41, 5.74) is 7.97. The summed E-state index contributed by atoms with van der Waals surface area (Å²) < 4.78 is 18.2. The van der Waals surface area contributed by atoms with Crippen LogP contribution in [0.3, 0.4) is 0 Å². The van der Waals surface area contributed by atoms with E-state index in [0.29, 0.717) is 28.6 Å². The number of nitriles is 1. The molecule has 1 aliphatic carbocycles. The Hall–Kier alpha value is -4.09. The summed E-state index contributed by atoms with van der Waals surface area (Å²) in [6.07, 6.45) is 4.77. The van der Waals surface area contributed by atoms with Gasteiger partial charge in [-0.15, -0.1) is 0 Å². The van der Waals surface area contributed by atoms with E-state index < -0.39 is 0 Å². The maximum atomic E-state index is 9.47. The molecular weight excluding hydrogens is 550 g/mol. The van der Waals surface area contributed by atoms with Crippen LogP contribution in [0, 0.1) is 18.3 Å². The molecule has 0 bridgehead atoms. The van der Waals surface area contributed by atoms with Gasteiger partial charge in [0, 0.05) is 42.2 Å². The van der Waals surface area contributed by atoms with E-state index in [-0.39, 0.29) is 25.4 Å². The summed E-state index contributed by atoms with van der Waals surface area (Å²) >= 11 is 6.77. The molecule has 3 aromatic carbocycles. The van der Waals surface area contributed by atoms with Crippen molar-refractivity contribution in [1.29, 1.82) is 5.26 Å². The fraction of sp³-hybridized carbons (Fsp3) is 0.294. The number of rotatable bonds is 11. The summed E-state index contributed by atoms with van der Waals surface area (Å²) in [6.45, 7) is 4.64. The van der Waals surface area contributed by atoms with Crippen LogP contribution >= 0.6 is 11.6 Å². The van der Waals surface area contributed by atoms with Crippen molar-refractivity contribution in [3.05, 3.63) is 105 Å². The molecule has 0 unspecified atom stereocenters. The van der Waals surface area contributed by atoms with Gasteiger partial charge in [-0.1, -0.05) is 35.9 Å². The smallest absolute Gasteiger partial charge is 0.142 e. The van der Waals surface area contributed by atoms with Gasteiger partial charge < -0.3 is 24.6 Å². The minimum atomic E-state index is -0.153. The zero-order chi connectivity index (χ0) is 29.6. The summed E-state index contributed by atoms with van der Waals surface area (Å²) in [7, 11) is 1.69. The number of hydrogen-bond donors (Lipinski definition) is 2. The van der Waals surface area contributed by atoms with Crippen molar-refractivity contribution in [2.75, 3.05) is 13.7 Å². The van der Waals surface area contributed by atoms with E-state index in [9.17, 15) is 10.4 Å². The highest BCUT2D eigenvalue weighted by atomic mass is 35.5. The van der Waals surface area contributed by atoms with Gasteiger partial charge in [-0.25, -0.2) is 0 Å². The van der Waals surface area contributed by atoms with Crippen LogP contribution in [0.1, 0.15) is 52.8 Å². The number of pyridine rings is 1. The molecule has 0 saturated carbocycles. The Morgan fingerprint density at radius 2 is 1.98 bits per heavy atom. The van der Waals surface area contributed by atoms with E-state index in [1.54, 1.807) is 19.4 Å². The quantitative estimate of drug-likeness (QED) is 0.203. The normalized spacial score (nSPS) is 14.6. The summed E-state index contributed by atoms with van der Waals surface area (Å²) in [4.78, 5) is 4.13. The number of ether oxygens (including phenoxy) is 3. The molecule has 0 spiro atoms. The second-order valence-electron chi connectivity index (χ2n) is 10.5.